The predicted octanol–water partition coefficient (Wildman–Crippen LogP) is 3.63. The van der Waals surface area contributed by atoms with E-state index < -0.39 is 0 Å². The van der Waals surface area contributed by atoms with E-state index in [1.165, 1.54) is 11.3 Å². The fourth-order valence-electron chi connectivity index (χ4n) is 5.65. The Bertz CT molecular complexity index is 1580. The number of rotatable bonds is 4. The molecule has 1 saturated heterocycles. The molecule has 1 fully saturated rings. The topological polar surface area (TPSA) is 91.0 Å². The number of hydrogen-bond donors (Lipinski definition) is 1. The number of aromatic nitrogens is 4. The van der Waals surface area contributed by atoms with E-state index in [1.54, 1.807) is 6.20 Å². The molecule has 0 atom stereocenters. The van der Waals surface area contributed by atoms with Gasteiger partial charge in [0.05, 0.1) is 24.0 Å². The van der Waals surface area contributed by atoms with Crippen molar-refractivity contribution in [2.24, 2.45) is 7.05 Å². The fraction of sp³-hybridized carbons (Fsp3) is 0.448. The molecule has 2 aliphatic rings. The molecule has 2 amide bonds. The van der Waals surface area contributed by atoms with Gasteiger partial charge in [-0.15, -0.1) is 11.3 Å². The largest absolute Gasteiger partial charge is 0.368 e. The first kappa shape index (κ1) is 26.5. The Morgan fingerprint density at radius 1 is 1.05 bits per heavy atom. The first-order valence-electron chi connectivity index (χ1n) is 13.7. The number of carbonyl (C=O) groups excluding carboxylic acids is 2. The first-order valence-corrected chi connectivity index (χ1v) is 14.6. The molecule has 1 N–H and O–H groups in total. The third-order valence-electron chi connectivity index (χ3n) is 7.95. The van der Waals surface area contributed by atoms with Crippen LogP contribution in [0.5, 0.6) is 0 Å². The lowest BCUT2D eigenvalue weighted by Crippen LogP contribution is -2.44. The molecule has 4 aromatic heterocycles. The predicted molar refractivity (Wildman–Crippen MR) is 158 cm³/mol. The van der Waals surface area contributed by atoms with E-state index in [0.717, 1.165) is 53.6 Å². The minimum atomic E-state index is -0.158. The van der Waals surface area contributed by atoms with Gasteiger partial charge in [0.25, 0.3) is 11.8 Å². The molecule has 11 heteroatoms. The number of nitrogens with one attached hydrogen (secondary N) is 1. The van der Waals surface area contributed by atoms with Crippen molar-refractivity contribution >= 4 is 40.3 Å². The van der Waals surface area contributed by atoms with Crippen LogP contribution in [-0.2, 0) is 25.4 Å². The molecule has 10 nitrogen and oxygen atoms in total. The van der Waals surface area contributed by atoms with Crippen molar-refractivity contribution in [2.45, 2.75) is 39.2 Å². The highest BCUT2D eigenvalue weighted by molar-refractivity contribution is 7.10. The Hall–Kier alpha value is -3.70. The second-order valence-electron chi connectivity index (χ2n) is 11.8. The van der Waals surface area contributed by atoms with Crippen LogP contribution >= 0.6 is 11.3 Å². The number of amides is 2. The fourth-order valence-corrected chi connectivity index (χ4v) is 6.74. The van der Waals surface area contributed by atoms with Crippen LogP contribution in [0.15, 0.2) is 36.0 Å². The number of likely N-dealkylation sites (N-methyl/N-ethyl adjacent to an activating group) is 1. The monoisotopic (exact) mass is 560 g/mol. The number of imidazole rings is 1. The van der Waals surface area contributed by atoms with E-state index in [2.05, 4.69) is 59.1 Å². The maximum absolute atomic E-state index is 13.7. The standard InChI is InChI=1S/C29H36N8O2S/c1-29(2,3)24-14-25(32-34(24)5)31-27(38)21-18-40-23-17-36(9-8-20(21)23)28(39)22-15-30-26-7-6-19(16-37(22)26)35-12-10-33(4)11-13-35/h6-7,14-16,18H,8-13,17H2,1-5H3,(H,31,32,38). The third-order valence-corrected chi connectivity index (χ3v) is 8.96. The molecule has 2 aliphatic heterocycles. The molecular formula is C29H36N8O2S. The maximum Gasteiger partial charge on any atom is 0.272 e. The molecule has 4 aromatic rings. The number of piperazine rings is 1. The van der Waals surface area contributed by atoms with Crippen LogP contribution in [0, 0.1) is 0 Å². The maximum atomic E-state index is 13.7. The summed E-state index contributed by atoms with van der Waals surface area (Å²) in [6.45, 7) is 11.4. The number of aryl methyl sites for hydroxylation is 1. The van der Waals surface area contributed by atoms with Crippen molar-refractivity contribution in [2.75, 3.05) is 50.0 Å². The minimum Gasteiger partial charge on any atom is -0.368 e. The van der Waals surface area contributed by atoms with Gasteiger partial charge < -0.3 is 20.0 Å². The van der Waals surface area contributed by atoms with Gasteiger partial charge in [-0.1, -0.05) is 20.8 Å². The zero-order chi connectivity index (χ0) is 28.2. The molecule has 0 saturated carbocycles. The lowest BCUT2D eigenvalue weighted by Gasteiger charge is -2.34. The molecule has 6 rings (SSSR count). The summed E-state index contributed by atoms with van der Waals surface area (Å²) in [7, 11) is 4.04. The van der Waals surface area contributed by atoms with Crippen LogP contribution in [0.25, 0.3) is 5.65 Å². The molecule has 0 aliphatic carbocycles. The van der Waals surface area contributed by atoms with E-state index in [9.17, 15) is 9.59 Å². The summed E-state index contributed by atoms with van der Waals surface area (Å²) in [5, 5.41) is 9.37. The number of carbonyl (C=O) groups is 2. The molecular weight excluding hydrogens is 524 g/mol. The number of anilines is 2. The van der Waals surface area contributed by atoms with Crippen LogP contribution in [0.2, 0.25) is 0 Å². The van der Waals surface area contributed by atoms with Crippen molar-refractivity contribution in [3.8, 4) is 0 Å². The summed E-state index contributed by atoms with van der Waals surface area (Å²) >= 11 is 1.53. The van der Waals surface area contributed by atoms with Gasteiger partial charge >= 0.3 is 0 Å². The van der Waals surface area contributed by atoms with E-state index >= 15 is 0 Å². The van der Waals surface area contributed by atoms with Gasteiger partial charge in [-0.05, 0) is 31.2 Å². The smallest absolute Gasteiger partial charge is 0.272 e. The van der Waals surface area contributed by atoms with E-state index in [0.29, 0.717) is 36.6 Å². The van der Waals surface area contributed by atoms with Crippen molar-refractivity contribution in [1.82, 2.24) is 29.0 Å². The van der Waals surface area contributed by atoms with E-state index in [-0.39, 0.29) is 17.2 Å². The first-order chi connectivity index (χ1) is 19.1. The second kappa shape index (κ2) is 10.0. The van der Waals surface area contributed by atoms with Crippen molar-refractivity contribution < 1.29 is 9.59 Å². The minimum absolute atomic E-state index is 0.0451. The van der Waals surface area contributed by atoms with E-state index in [1.807, 2.05) is 44.7 Å². The van der Waals surface area contributed by atoms with Crippen LogP contribution in [0.3, 0.4) is 0 Å². The molecule has 0 unspecified atom stereocenters. The molecule has 40 heavy (non-hydrogen) atoms. The van der Waals surface area contributed by atoms with Crippen LogP contribution < -0.4 is 10.2 Å². The van der Waals surface area contributed by atoms with Gasteiger partial charge in [0.15, 0.2) is 5.82 Å². The second-order valence-corrected chi connectivity index (χ2v) is 12.8. The zero-order valence-electron chi connectivity index (χ0n) is 23.8. The van der Waals surface area contributed by atoms with Gasteiger partial charge in [0.2, 0.25) is 0 Å². The van der Waals surface area contributed by atoms with Gasteiger partial charge in [-0.25, -0.2) is 4.98 Å². The normalized spacial score (nSPS) is 16.4. The number of nitrogens with zero attached hydrogens (tertiary/aromatic N) is 7. The van der Waals surface area contributed by atoms with Gasteiger partial charge in [-0.3, -0.25) is 18.7 Å². The molecule has 210 valence electrons. The average Bonchev–Trinajstić information content (AvgIpc) is 3.64. The molecule has 6 heterocycles. The number of pyridine rings is 1. The number of fused-ring (bicyclic) bond motifs is 2. The zero-order valence-corrected chi connectivity index (χ0v) is 24.6. The Morgan fingerprint density at radius 2 is 1.82 bits per heavy atom. The van der Waals surface area contributed by atoms with Gasteiger partial charge in [-0.2, -0.15) is 5.10 Å². The Balaban J connectivity index is 1.17. The van der Waals surface area contributed by atoms with Crippen molar-refractivity contribution in [1.29, 1.82) is 0 Å². The summed E-state index contributed by atoms with van der Waals surface area (Å²) in [5.74, 6) is 0.346. The summed E-state index contributed by atoms with van der Waals surface area (Å²) < 4.78 is 3.73. The summed E-state index contributed by atoms with van der Waals surface area (Å²) in [6, 6.07) is 6.00. The summed E-state index contributed by atoms with van der Waals surface area (Å²) in [5.41, 5.74) is 5.09. The summed E-state index contributed by atoms with van der Waals surface area (Å²) in [4.78, 5) is 39.0. The van der Waals surface area contributed by atoms with Crippen LogP contribution in [0.4, 0.5) is 11.5 Å². The number of hydrogen-bond acceptors (Lipinski definition) is 7. The Kier molecular flexibility index (Phi) is 6.66. The summed E-state index contributed by atoms with van der Waals surface area (Å²) in [6.07, 6.45) is 4.34. The van der Waals surface area contributed by atoms with Crippen molar-refractivity contribution in [3.05, 3.63) is 63.4 Å². The van der Waals surface area contributed by atoms with Gasteiger partial charge in [0.1, 0.15) is 11.3 Å². The Morgan fingerprint density at radius 3 is 2.55 bits per heavy atom. The number of thiophene rings is 1. The van der Waals surface area contributed by atoms with Gasteiger partial charge in [0, 0.05) is 73.4 Å². The third kappa shape index (κ3) is 4.88. The van der Waals surface area contributed by atoms with Crippen LogP contribution in [-0.4, -0.2) is 80.6 Å². The highest BCUT2D eigenvalue weighted by Crippen LogP contribution is 2.31. The molecule has 0 aromatic carbocycles. The van der Waals surface area contributed by atoms with Crippen molar-refractivity contribution in [3.63, 3.8) is 0 Å². The highest BCUT2D eigenvalue weighted by atomic mass is 32.1. The highest BCUT2D eigenvalue weighted by Gasteiger charge is 2.29. The molecule has 0 radical (unpaired) electrons. The Labute approximate surface area is 238 Å². The molecule has 0 spiro atoms. The molecule has 0 bridgehead atoms. The lowest BCUT2D eigenvalue weighted by molar-refractivity contribution is 0.0730. The van der Waals surface area contributed by atoms with Crippen LogP contribution in [0.1, 0.15) is 57.8 Å². The average molecular weight is 561 g/mol. The van der Waals surface area contributed by atoms with E-state index in [4.69, 9.17) is 0 Å². The SMILES string of the molecule is CN1CCN(c2ccc3ncc(C(=O)N4CCc5c(C(=O)Nc6cc(C(C)(C)C)n(C)n6)csc5C4)n3c2)CC1. The lowest BCUT2D eigenvalue weighted by atomic mass is 9.92. The quantitative estimate of drug-likeness (QED) is 0.410.